The van der Waals surface area contributed by atoms with Crippen LogP contribution in [0.15, 0.2) is 109 Å². The van der Waals surface area contributed by atoms with Crippen LogP contribution in [-0.4, -0.2) is 17.3 Å². The monoisotopic (exact) mass is 764 g/mol. The first-order valence-electron chi connectivity index (χ1n) is 18.4. The van der Waals surface area contributed by atoms with E-state index in [2.05, 4.69) is 0 Å². The zero-order valence-electron chi connectivity index (χ0n) is 33.2. The first-order valence-corrected chi connectivity index (χ1v) is 19.9. The molecule has 8 heteroatoms. The van der Waals surface area contributed by atoms with E-state index in [9.17, 15) is 18.9 Å². The van der Waals surface area contributed by atoms with Gasteiger partial charge in [0.15, 0.2) is 17.3 Å². The molecule has 0 aromatic heterocycles. The molecule has 0 radical (unpaired) electrons. The molecule has 0 unspecified atom stereocenters. The molecule has 7 nitrogen and oxygen atoms in total. The maximum absolute atomic E-state index is 14.5. The molecule has 0 amide bonds. The fourth-order valence-electron chi connectivity index (χ4n) is 6.52. The van der Waals surface area contributed by atoms with Crippen LogP contribution in [0.25, 0.3) is 0 Å². The molecule has 0 saturated carbocycles. The predicted molar refractivity (Wildman–Crippen MR) is 221 cm³/mol. The number of rotatable bonds is 12. The number of hydrogen-bond donors (Lipinski definition) is 0. The Morgan fingerprint density at radius 3 is 0.804 bits per heavy atom. The summed E-state index contributed by atoms with van der Waals surface area (Å²) in [5.74, 6) is -0.0422. The summed E-state index contributed by atoms with van der Waals surface area (Å²) in [6, 6.07) is 30.0. The van der Waals surface area contributed by atoms with Crippen molar-refractivity contribution in [2.45, 2.75) is 62.3 Å². The van der Waals surface area contributed by atoms with Gasteiger partial charge in [-0.25, -0.2) is 0 Å². The second-order valence-corrected chi connectivity index (χ2v) is 15.8. The number of benzene rings is 6. The van der Waals surface area contributed by atoms with Gasteiger partial charge in [-0.2, -0.15) is 4.57 Å². The molecule has 0 fully saturated rings. The smallest absolute Gasteiger partial charge is 0.386 e. The first-order chi connectivity index (χ1) is 26.6. The predicted octanol–water partition coefficient (Wildman–Crippen LogP) is 11.8. The lowest BCUT2D eigenvalue weighted by Crippen LogP contribution is -2.09. The zero-order chi connectivity index (χ0) is 40.5. The van der Waals surface area contributed by atoms with Crippen molar-refractivity contribution in [3.8, 4) is 17.2 Å². The fraction of sp³-hybridized carbons (Fsp3) is 0.188. The van der Waals surface area contributed by atoms with Crippen molar-refractivity contribution in [1.29, 1.82) is 0 Å². The van der Waals surface area contributed by atoms with E-state index in [0.717, 1.165) is 50.1 Å². The van der Waals surface area contributed by atoms with Crippen LogP contribution in [0, 0.1) is 62.3 Å². The molecule has 0 aliphatic carbocycles. The molecule has 6 aromatic rings. The quantitative estimate of drug-likeness (QED) is 0.0904. The maximum atomic E-state index is 14.5. The number of phosphoric acid groups is 1. The highest BCUT2D eigenvalue weighted by molar-refractivity contribution is 7.49. The summed E-state index contributed by atoms with van der Waals surface area (Å²) < 4.78 is 32.4. The van der Waals surface area contributed by atoms with Gasteiger partial charge in [0, 0.05) is 33.4 Å². The minimum atomic E-state index is -4.49. The van der Waals surface area contributed by atoms with E-state index in [1.165, 1.54) is 36.4 Å². The Kier molecular flexibility index (Phi) is 11.3. The van der Waals surface area contributed by atoms with Crippen LogP contribution in [-0.2, 0) is 4.57 Å². The van der Waals surface area contributed by atoms with Crippen LogP contribution in [0.1, 0.15) is 97.8 Å². The lowest BCUT2D eigenvalue weighted by Gasteiger charge is -2.20. The van der Waals surface area contributed by atoms with Crippen molar-refractivity contribution in [2.75, 3.05) is 0 Å². The average molecular weight is 765 g/mol. The second kappa shape index (κ2) is 16.0. The van der Waals surface area contributed by atoms with E-state index in [1.807, 2.05) is 98.7 Å². The van der Waals surface area contributed by atoms with Crippen molar-refractivity contribution in [1.82, 2.24) is 0 Å². The summed E-state index contributed by atoms with van der Waals surface area (Å²) in [5.41, 5.74) is 12.3. The topological polar surface area (TPSA) is 96.0 Å². The fourth-order valence-corrected chi connectivity index (χ4v) is 7.77. The standard InChI is InChI=1S/C48H45O7P/c1-28-10-25-43(34(7)31(28)4)46(49)37-13-19-40(20-14-37)53-56(52,54-41-21-15-38(16-22-41)47(50)44-26-11-29(2)32(5)35(44)8)55-42-23-17-39(18-24-42)48(51)45-27-12-30(3)33(6)36(45)9/h10-27H,1-9H3. The van der Waals surface area contributed by atoms with E-state index < -0.39 is 7.82 Å². The van der Waals surface area contributed by atoms with Crippen molar-refractivity contribution in [3.05, 3.63) is 193 Å². The largest absolute Gasteiger partial charge is 0.647 e. The SMILES string of the molecule is Cc1ccc(C(=O)c2ccc(OP(=O)(Oc3ccc(C(=O)c4ccc(C)c(C)c4C)cc3)Oc3ccc(C(=O)c4ccc(C)c(C)c4C)cc3)cc2)c(C)c1C. The van der Waals surface area contributed by atoms with Gasteiger partial charge in [0.05, 0.1) is 0 Å². The molecule has 0 N–H and O–H groups in total. The van der Waals surface area contributed by atoms with E-state index in [1.54, 1.807) is 36.4 Å². The Morgan fingerprint density at radius 1 is 0.339 bits per heavy atom. The van der Waals surface area contributed by atoms with E-state index in [0.29, 0.717) is 33.4 Å². The van der Waals surface area contributed by atoms with Crippen LogP contribution in [0.5, 0.6) is 17.2 Å². The lowest BCUT2D eigenvalue weighted by molar-refractivity contribution is 0.103. The molecule has 0 saturated heterocycles. The number of hydrogen-bond acceptors (Lipinski definition) is 7. The molecule has 0 aliphatic heterocycles. The minimum absolute atomic E-state index is 0.135. The number of aryl methyl sites for hydroxylation is 3. The van der Waals surface area contributed by atoms with Crippen molar-refractivity contribution in [3.63, 3.8) is 0 Å². The Bertz CT molecular complexity index is 2270. The summed E-state index contributed by atoms with van der Waals surface area (Å²) in [4.78, 5) is 40.3. The van der Waals surface area contributed by atoms with Gasteiger partial charge in [-0.05, 0) is 185 Å². The Balaban J connectivity index is 1.27. The highest BCUT2D eigenvalue weighted by Gasteiger charge is 2.34. The van der Waals surface area contributed by atoms with Crippen LogP contribution in [0.4, 0.5) is 0 Å². The van der Waals surface area contributed by atoms with Gasteiger partial charge in [0.1, 0.15) is 17.2 Å². The summed E-state index contributed by atoms with van der Waals surface area (Å²) in [7, 11) is -4.49. The third kappa shape index (κ3) is 8.14. The highest BCUT2D eigenvalue weighted by atomic mass is 31.2. The van der Waals surface area contributed by atoms with Crippen LogP contribution < -0.4 is 13.6 Å². The molecule has 0 bridgehead atoms. The zero-order valence-corrected chi connectivity index (χ0v) is 34.1. The lowest BCUT2D eigenvalue weighted by atomic mass is 9.93. The van der Waals surface area contributed by atoms with E-state index in [-0.39, 0.29) is 34.6 Å². The summed E-state index contributed by atoms with van der Waals surface area (Å²) in [6.07, 6.45) is 0. The maximum Gasteiger partial charge on any atom is 0.647 e. The van der Waals surface area contributed by atoms with Gasteiger partial charge in [-0.3, -0.25) is 14.4 Å². The third-order valence-corrected chi connectivity index (χ3v) is 12.2. The van der Waals surface area contributed by atoms with Crippen LogP contribution >= 0.6 is 7.82 Å². The van der Waals surface area contributed by atoms with Gasteiger partial charge >= 0.3 is 7.82 Å². The summed E-state index contributed by atoms with van der Waals surface area (Å²) in [5, 5.41) is 0. The Morgan fingerprint density at radius 2 is 0.571 bits per heavy atom. The molecule has 0 heterocycles. The first kappa shape index (κ1) is 39.6. The van der Waals surface area contributed by atoms with Crippen LogP contribution in [0.3, 0.4) is 0 Å². The van der Waals surface area contributed by atoms with Crippen molar-refractivity contribution < 1.29 is 32.5 Å². The average Bonchev–Trinajstić information content (AvgIpc) is 3.18. The molecule has 6 aromatic carbocycles. The highest BCUT2D eigenvalue weighted by Crippen LogP contribution is 2.50. The Labute approximate surface area is 328 Å². The molecule has 0 atom stereocenters. The molecule has 6 rings (SSSR count). The van der Waals surface area contributed by atoms with Crippen molar-refractivity contribution >= 4 is 25.2 Å². The van der Waals surface area contributed by atoms with Gasteiger partial charge < -0.3 is 13.6 Å². The van der Waals surface area contributed by atoms with Gasteiger partial charge in [-0.15, -0.1) is 0 Å². The Hall–Kier alpha value is -6.04. The molecular weight excluding hydrogens is 719 g/mol. The third-order valence-electron chi connectivity index (χ3n) is 10.9. The van der Waals surface area contributed by atoms with Gasteiger partial charge in [0.25, 0.3) is 0 Å². The second-order valence-electron chi connectivity index (χ2n) is 14.3. The molecule has 0 spiro atoms. The summed E-state index contributed by atoms with van der Waals surface area (Å²) in [6.45, 7) is 17.8. The van der Waals surface area contributed by atoms with E-state index >= 15 is 0 Å². The molecular formula is C48H45O7P. The molecule has 284 valence electrons. The number of carbonyl (C=O) groups is 3. The van der Waals surface area contributed by atoms with E-state index in [4.69, 9.17) is 13.6 Å². The van der Waals surface area contributed by atoms with Gasteiger partial charge in [-0.1, -0.05) is 36.4 Å². The van der Waals surface area contributed by atoms with Crippen LogP contribution in [0.2, 0.25) is 0 Å². The normalized spacial score (nSPS) is 11.2. The summed E-state index contributed by atoms with van der Waals surface area (Å²) >= 11 is 0. The molecule has 0 aliphatic rings. The number of carbonyl (C=O) groups excluding carboxylic acids is 3. The van der Waals surface area contributed by atoms with Crippen molar-refractivity contribution in [2.24, 2.45) is 0 Å². The molecule has 56 heavy (non-hydrogen) atoms. The number of phosphoric ester groups is 1. The van der Waals surface area contributed by atoms with Gasteiger partial charge in [0.2, 0.25) is 0 Å². The number of ketones is 3. The minimum Gasteiger partial charge on any atom is -0.386 e.